The highest BCUT2D eigenvalue weighted by Crippen LogP contribution is 2.31. The summed E-state index contributed by atoms with van der Waals surface area (Å²) in [5.74, 6) is -0.157. The minimum Gasteiger partial charge on any atom is -0.489 e. The van der Waals surface area contributed by atoms with Crippen molar-refractivity contribution in [3.05, 3.63) is 113 Å². The lowest BCUT2D eigenvalue weighted by atomic mass is 9.99. The fourth-order valence-corrected chi connectivity index (χ4v) is 3.43. The third kappa shape index (κ3) is 4.53. The highest BCUT2D eigenvalue weighted by Gasteiger charge is 2.09. The average Bonchev–Trinajstić information content (AvgIpc) is 2.79. The van der Waals surface area contributed by atoms with Crippen LogP contribution in [0.1, 0.15) is 15.9 Å². The summed E-state index contributed by atoms with van der Waals surface area (Å²) in [5.41, 5.74) is 5.03. The molecule has 148 valence electrons. The van der Waals surface area contributed by atoms with E-state index < -0.39 is 5.97 Å². The largest absolute Gasteiger partial charge is 0.489 e. The summed E-state index contributed by atoms with van der Waals surface area (Å²) in [7, 11) is 0. The van der Waals surface area contributed by atoms with E-state index in [-0.39, 0.29) is 5.56 Å². The molecule has 0 amide bonds. The van der Waals surface area contributed by atoms with Gasteiger partial charge in [-0.2, -0.15) is 0 Å². The maximum absolute atomic E-state index is 11.2. The van der Waals surface area contributed by atoms with Gasteiger partial charge in [0.05, 0.1) is 5.56 Å². The highest BCUT2D eigenvalue weighted by molar-refractivity contribution is 6.33. The molecular formula is C26H19ClO3. The lowest BCUT2D eigenvalue weighted by Gasteiger charge is -2.09. The van der Waals surface area contributed by atoms with E-state index in [0.29, 0.717) is 17.2 Å². The quantitative estimate of drug-likeness (QED) is 0.371. The summed E-state index contributed by atoms with van der Waals surface area (Å²) in [6, 6.07) is 30.6. The molecule has 0 aliphatic rings. The molecule has 0 heterocycles. The molecule has 4 heteroatoms. The van der Waals surface area contributed by atoms with Crippen molar-refractivity contribution in [3.8, 4) is 28.0 Å². The highest BCUT2D eigenvalue weighted by atomic mass is 35.5. The minimum atomic E-state index is -0.973. The minimum absolute atomic E-state index is 0.213. The number of carboxylic acid groups (broad SMARTS) is 1. The van der Waals surface area contributed by atoms with Gasteiger partial charge in [-0.1, -0.05) is 78.3 Å². The summed E-state index contributed by atoms with van der Waals surface area (Å²) < 4.78 is 5.84. The van der Waals surface area contributed by atoms with E-state index in [1.165, 1.54) is 6.07 Å². The molecule has 0 saturated heterocycles. The Morgan fingerprint density at radius 3 is 2.00 bits per heavy atom. The molecule has 4 rings (SSSR count). The van der Waals surface area contributed by atoms with Gasteiger partial charge in [-0.05, 0) is 52.6 Å². The molecule has 0 atom stereocenters. The van der Waals surface area contributed by atoms with E-state index >= 15 is 0 Å². The number of carboxylic acids is 1. The summed E-state index contributed by atoms with van der Waals surface area (Å²) in [6.07, 6.45) is 0. The van der Waals surface area contributed by atoms with Crippen molar-refractivity contribution >= 4 is 17.6 Å². The third-order valence-electron chi connectivity index (χ3n) is 4.85. The van der Waals surface area contributed by atoms with E-state index in [2.05, 4.69) is 0 Å². The topological polar surface area (TPSA) is 46.5 Å². The Morgan fingerprint density at radius 1 is 0.767 bits per heavy atom. The van der Waals surface area contributed by atoms with E-state index in [1.54, 1.807) is 12.1 Å². The maximum Gasteiger partial charge on any atom is 0.335 e. The Kier molecular flexibility index (Phi) is 5.82. The summed E-state index contributed by atoms with van der Waals surface area (Å²) in [6.45, 7) is 0.533. The second kappa shape index (κ2) is 8.85. The Hall–Kier alpha value is -3.56. The first-order chi connectivity index (χ1) is 14.6. The number of halogens is 1. The molecule has 3 nitrogen and oxygen atoms in total. The standard InChI is InChI=1S/C26H19ClO3/c27-25-15-12-22(26(28)29)16-24(25)21-8-6-19(7-9-21)20-10-13-23(14-11-20)30-17-18-4-2-1-3-5-18/h1-16H,17H2,(H,28,29). The number of carbonyl (C=O) groups is 1. The van der Waals surface area contributed by atoms with Crippen molar-refractivity contribution in [3.63, 3.8) is 0 Å². The fourth-order valence-electron chi connectivity index (χ4n) is 3.21. The average molecular weight is 415 g/mol. The van der Waals surface area contributed by atoms with E-state index in [1.807, 2.05) is 78.9 Å². The summed E-state index contributed by atoms with van der Waals surface area (Å²) >= 11 is 6.28. The van der Waals surface area contributed by atoms with Crippen molar-refractivity contribution in [2.45, 2.75) is 6.61 Å². The van der Waals surface area contributed by atoms with Crippen molar-refractivity contribution in [2.24, 2.45) is 0 Å². The van der Waals surface area contributed by atoms with Crippen LogP contribution in [0.15, 0.2) is 97.1 Å². The van der Waals surface area contributed by atoms with Crippen LogP contribution >= 0.6 is 11.6 Å². The molecule has 0 radical (unpaired) electrons. The van der Waals surface area contributed by atoms with Gasteiger partial charge in [-0.25, -0.2) is 4.79 Å². The van der Waals surface area contributed by atoms with E-state index in [4.69, 9.17) is 16.3 Å². The Bertz CT molecular complexity index is 1150. The first kappa shape index (κ1) is 19.7. The monoisotopic (exact) mass is 414 g/mol. The molecule has 30 heavy (non-hydrogen) atoms. The van der Waals surface area contributed by atoms with Crippen LogP contribution in [0.3, 0.4) is 0 Å². The normalized spacial score (nSPS) is 10.6. The molecule has 1 N–H and O–H groups in total. The zero-order chi connectivity index (χ0) is 20.9. The first-order valence-corrected chi connectivity index (χ1v) is 9.88. The molecule has 0 saturated carbocycles. The number of rotatable bonds is 6. The van der Waals surface area contributed by atoms with E-state index in [9.17, 15) is 9.90 Å². The summed E-state index contributed by atoms with van der Waals surface area (Å²) in [5, 5.41) is 9.73. The molecule has 4 aromatic rings. The van der Waals surface area contributed by atoms with Crippen LogP contribution in [0.25, 0.3) is 22.3 Å². The Balaban J connectivity index is 1.49. The van der Waals surface area contributed by atoms with Gasteiger partial charge in [0.2, 0.25) is 0 Å². The number of hydrogen-bond acceptors (Lipinski definition) is 2. The maximum atomic E-state index is 11.2. The predicted molar refractivity (Wildman–Crippen MR) is 120 cm³/mol. The van der Waals surface area contributed by atoms with Crippen LogP contribution < -0.4 is 4.74 Å². The molecule has 0 aliphatic carbocycles. The molecular weight excluding hydrogens is 396 g/mol. The van der Waals surface area contributed by atoms with Crippen LogP contribution in [-0.4, -0.2) is 11.1 Å². The lowest BCUT2D eigenvalue weighted by Crippen LogP contribution is -1.96. The first-order valence-electron chi connectivity index (χ1n) is 9.50. The zero-order valence-electron chi connectivity index (χ0n) is 16.1. The third-order valence-corrected chi connectivity index (χ3v) is 5.17. The van der Waals surface area contributed by atoms with Crippen LogP contribution in [0.5, 0.6) is 5.75 Å². The molecule has 0 fully saturated rings. The van der Waals surface area contributed by atoms with Gasteiger partial charge in [0.25, 0.3) is 0 Å². The van der Waals surface area contributed by atoms with Gasteiger partial charge in [-0.15, -0.1) is 0 Å². The van der Waals surface area contributed by atoms with Crippen LogP contribution in [0.2, 0.25) is 5.02 Å². The number of benzene rings is 4. The van der Waals surface area contributed by atoms with Gasteiger partial charge in [-0.3, -0.25) is 0 Å². The van der Waals surface area contributed by atoms with E-state index in [0.717, 1.165) is 28.0 Å². The second-order valence-corrected chi connectivity index (χ2v) is 7.28. The Morgan fingerprint density at radius 2 is 1.37 bits per heavy atom. The van der Waals surface area contributed by atoms with Gasteiger partial charge in [0.1, 0.15) is 12.4 Å². The van der Waals surface area contributed by atoms with Gasteiger partial charge < -0.3 is 9.84 Å². The zero-order valence-corrected chi connectivity index (χ0v) is 16.8. The van der Waals surface area contributed by atoms with Gasteiger partial charge in [0.15, 0.2) is 0 Å². The summed E-state index contributed by atoms with van der Waals surface area (Å²) in [4.78, 5) is 11.2. The Labute approximate surface area is 180 Å². The van der Waals surface area contributed by atoms with Gasteiger partial charge >= 0.3 is 5.97 Å². The SMILES string of the molecule is O=C(O)c1ccc(Cl)c(-c2ccc(-c3ccc(OCc4ccccc4)cc3)cc2)c1. The van der Waals surface area contributed by atoms with Crippen LogP contribution in [0, 0.1) is 0 Å². The molecule has 0 unspecified atom stereocenters. The second-order valence-electron chi connectivity index (χ2n) is 6.88. The molecule has 0 aromatic heterocycles. The molecule has 0 bridgehead atoms. The van der Waals surface area contributed by atoms with Crippen molar-refractivity contribution in [1.82, 2.24) is 0 Å². The number of hydrogen-bond donors (Lipinski definition) is 1. The van der Waals surface area contributed by atoms with Crippen molar-refractivity contribution < 1.29 is 14.6 Å². The van der Waals surface area contributed by atoms with Gasteiger partial charge in [0, 0.05) is 10.6 Å². The van der Waals surface area contributed by atoms with Crippen LogP contribution in [0.4, 0.5) is 0 Å². The molecule has 4 aromatic carbocycles. The van der Waals surface area contributed by atoms with Crippen molar-refractivity contribution in [2.75, 3.05) is 0 Å². The molecule has 0 aliphatic heterocycles. The number of aromatic carboxylic acids is 1. The smallest absolute Gasteiger partial charge is 0.335 e. The predicted octanol–water partition coefficient (Wildman–Crippen LogP) is 6.95. The lowest BCUT2D eigenvalue weighted by molar-refractivity contribution is 0.0697. The van der Waals surface area contributed by atoms with Crippen LogP contribution in [-0.2, 0) is 6.61 Å². The fraction of sp³-hybridized carbons (Fsp3) is 0.0385. The number of ether oxygens (including phenoxy) is 1. The molecule has 0 spiro atoms. The van der Waals surface area contributed by atoms with Crippen molar-refractivity contribution in [1.29, 1.82) is 0 Å².